The number of anilines is 1. The van der Waals surface area contributed by atoms with Gasteiger partial charge in [-0.2, -0.15) is 0 Å². The zero-order valence-electron chi connectivity index (χ0n) is 14.8. The highest BCUT2D eigenvalue weighted by molar-refractivity contribution is 5.96. The van der Waals surface area contributed by atoms with Crippen LogP contribution in [0.3, 0.4) is 0 Å². The monoisotopic (exact) mass is 354 g/mol. The molecule has 0 spiro atoms. The number of carbonyl (C=O) groups is 3. The van der Waals surface area contributed by atoms with Crippen LogP contribution in [-0.4, -0.2) is 28.9 Å². The van der Waals surface area contributed by atoms with Crippen LogP contribution in [0, 0.1) is 0 Å². The fraction of sp³-hybridized carbons (Fsp3) is 0.250. The van der Waals surface area contributed by atoms with E-state index in [1.807, 2.05) is 13.8 Å². The molecule has 0 atom stereocenters. The molecule has 6 nitrogen and oxygen atoms in total. The van der Waals surface area contributed by atoms with Gasteiger partial charge in [-0.3, -0.25) is 9.59 Å². The van der Waals surface area contributed by atoms with Crippen molar-refractivity contribution in [1.29, 1.82) is 0 Å². The quantitative estimate of drug-likeness (QED) is 0.712. The van der Waals surface area contributed by atoms with Crippen LogP contribution in [0.15, 0.2) is 48.5 Å². The van der Waals surface area contributed by atoms with E-state index in [-0.39, 0.29) is 29.8 Å². The van der Waals surface area contributed by atoms with Crippen molar-refractivity contribution in [2.45, 2.75) is 32.7 Å². The molecule has 3 N–H and O–H groups in total. The number of benzene rings is 2. The molecule has 0 saturated heterocycles. The smallest absolute Gasteiger partial charge is 0.335 e. The zero-order valence-corrected chi connectivity index (χ0v) is 14.8. The Morgan fingerprint density at radius 3 is 2.27 bits per heavy atom. The minimum Gasteiger partial charge on any atom is -0.478 e. The Morgan fingerprint density at radius 1 is 1.00 bits per heavy atom. The van der Waals surface area contributed by atoms with E-state index in [1.54, 1.807) is 42.5 Å². The fourth-order valence-electron chi connectivity index (χ4n) is 2.47. The molecule has 2 aromatic rings. The second kappa shape index (κ2) is 8.80. The topological polar surface area (TPSA) is 95.5 Å². The Kier molecular flexibility index (Phi) is 6.49. The molecule has 0 bridgehead atoms. The SMILES string of the molecule is CC(C)NC(=O)c1ccc(NC(=O)CCc2ccccc2C(=O)O)cc1. The van der Waals surface area contributed by atoms with Crippen LogP contribution >= 0.6 is 0 Å². The van der Waals surface area contributed by atoms with Crippen LogP contribution in [-0.2, 0) is 11.2 Å². The average Bonchev–Trinajstić information content (AvgIpc) is 2.60. The largest absolute Gasteiger partial charge is 0.478 e. The number of aromatic carboxylic acids is 1. The highest BCUT2D eigenvalue weighted by Crippen LogP contribution is 2.13. The molecule has 26 heavy (non-hydrogen) atoms. The standard InChI is InChI=1S/C20H22N2O4/c1-13(2)21-19(24)15-7-10-16(11-8-15)22-18(23)12-9-14-5-3-4-6-17(14)20(25)26/h3-8,10-11,13H,9,12H2,1-2H3,(H,21,24)(H,22,23)(H,25,26). The van der Waals surface area contributed by atoms with Crippen molar-refractivity contribution >= 4 is 23.5 Å². The number of carbonyl (C=O) groups excluding carboxylic acids is 2. The molecule has 0 radical (unpaired) electrons. The number of amides is 2. The maximum atomic E-state index is 12.1. The van der Waals surface area contributed by atoms with Crippen molar-refractivity contribution in [2.75, 3.05) is 5.32 Å². The highest BCUT2D eigenvalue weighted by Gasteiger charge is 2.11. The van der Waals surface area contributed by atoms with Gasteiger partial charge in [0.05, 0.1) is 5.56 Å². The minimum absolute atomic E-state index is 0.0514. The van der Waals surface area contributed by atoms with Gasteiger partial charge in [-0.05, 0) is 56.2 Å². The van der Waals surface area contributed by atoms with Crippen molar-refractivity contribution in [3.05, 3.63) is 65.2 Å². The van der Waals surface area contributed by atoms with E-state index in [2.05, 4.69) is 10.6 Å². The predicted molar refractivity (Wildman–Crippen MR) is 99.4 cm³/mol. The number of rotatable bonds is 7. The van der Waals surface area contributed by atoms with Gasteiger partial charge in [0.15, 0.2) is 0 Å². The fourth-order valence-corrected chi connectivity index (χ4v) is 2.47. The van der Waals surface area contributed by atoms with Gasteiger partial charge in [-0.15, -0.1) is 0 Å². The first-order chi connectivity index (χ1) is 12.4. The Balaban J connectivity index is 1.92. The molecule has 0 unspecified atom stereocenters. The second-order valence-electron chi connectivity index (χ2n) is 6.22. The zero-order chi connectivity index (χ0) is 19.1. The third-order valence-electron chi connectivity index (χ3n) is 3.72. The third kappa shape index (κ3) is 5.44. The van der Waals surface area contributed by atoms with Crippen molar-refractivity contribution in [3.8, 4) is 0 Å². The summed E-state index contributed by atoms with van der Waals surface area (Å²) in [5, 5.41) is 14.7. The lowest BCUT2D eigenvalue weighted by molar-refractivity contribution is -0.116. The van der Waals surface area contributed by atoms with Crippen LogP contribution in [0.4, 0.5) is 5.69 Å². The Bertz CT molecular complexity index is 798. The average molecular weight is 354 g/mol. The second-order valence-corrected chi connectivity index (χ2v) is 6.22. The first-order valence-corrected chi connectivity index (χ1v) is 8.39. The number of carboxylic acids is 1. The van der Waals surface area contributed by atoms with Gasteiger partial charge in [0.1, 0.15) is 0 Å². The van der Waals surface area contributed by atoms with Gasteiger partial charge in [-0.25, -0.2) is 4.79 Å². The summed E-state index contributed by atoms with van der Waals surface area (Å²) in [6, 6.07) is 13.3. The molecule has 0 aliphatic rings. The molecule has 0 aromatic heterocycles. The van der Waals surface area contributed by atoms with Gasteiger partial charge in [0.2, 0.25) is 5.91 Å². The van der Waals surface area contributed by atoms with Crippen LogP contribution < -0.4 is 10.6 Å². The van der Waals surface area contributed by atoms with Crippen molar-refractivity contribution in [1.82, 2.24) is 5.32 Å². The van der Waals surface area contributed by atoms with Crippen molar-refractivity contribution in [3.63, 3.8) is 0 Å². The van der Waals surface area contributed by atoms with Crippen molar-refractivity contribution < 1.29 is 19.5 Å². The van der Waals surface area contributed by atoms with Crippen LogP contribution in [0.25, 0.3) is 0 Å². The van der Waals surface area contributed by atoms with E-state index in [4.69, 9.17) is 5.11 Å². The summed E-state index contributed by atoms with van der Waals surface area (Å²) in [6.45, 7) is 3.77. The van der Waals surface area contributed by atoms with Crippen LogP contribution in [0.5, 0.6) is 0 Å². The Morgan fingerprint density at radius 2 is 1.65 bits per heavy atom. The van der Waals surface area contributed by atoms with Crippen molar-refractivity contribution in [2.24, 2.45) is 0 Å². The molecule has 136 valence electrons. The minimum atomic E-state index is -1.00. The lowest BCUT2D eigenvalue weighted by atomic mass is 10.0. The first kappa shape index (κ1) is 19.2. The molecular weight excluding hydrogens is 332 g/mol. The maximum absolute atomic E-state index is 12.1. The Hall–Kier alpha value is -3.15. The number of hydrogen-bond donors (Lipinski definition) is 3. The van der Waals surface area contributed by atoms with E-state index in [1.165, 1.54) is 6.07 Å². The first-order valence-electron chi connectivity index (χ1n) is 8.39. The predicted octanol–water partition coefficient (Wildman–Crippen LogP) is 3.09. The van der Waals surface area contributed by atoms with E-state index >= 15 is 0 Å². The summed E-state index contributed by atoms with van der Waals surface area (Å²) < 4.78 is 0. The van der Waals surface area contributed by atoms with E-state index < -0.39 is 5.97 Å². The number of carboxylic acid groups (broad SMARTS) is 1. The van der Waals surface area contributed by atoms with Crippen LogP contribution in [0.2, 0.25) is 0 Å². The van der Waals surface area contributed by atoms with E-state index in [0.29, 0.717) is 23.2 Å². The van der Waals surface area contributed by atoms with Gasteiger partial charge in [0.25, 0.3) is 5.91 Å². The summed E-state index contributed by atoms with van der Waals surface area (Å²) in [5.41, 5.74) is 1.94. The van der Waals surface area contributed by atoms with E-state index in [9.17, 15) is 14.4 Å². The molecular formula is C20H22N2O4. The number of aryl methyl sites for hydroxylation is 1. The molecule has 0 aliphatic heterocycles. The molecule has 0 fully saturated rings. The number of hydrogen-bond acceptors (Lipinski definition) is 3. The molecule has 2 amide bonds. The third-order valence-corrected chi connectivity index (χ3v) is 3.72. The number of nitrogens with one attached hydrogen (secondary N) is 2. The summed E-state index contributed by atoms with van der Waals surface area (Å²) in [6.07, 6.45) is 0.503. The summed E-state index contributed by atoms with van der Waals surface area (Å²) >= 11 is 0. The molecule has 0 saturated carbocycles. The highest BCUT2D eigenvalue weighted by atomic mass is 16.4. The Labute approximate surface area is 152 Å². The molecule has 0 heterocycles. The lowest BCUT2D eigenvalue weighted by Gasteiger charge is -2.10. The van der Waals surface area contributed by atoms with Crippen LogP contribution in [0.1, 0.15) is 46.5 Å². The molecule has 2 aromatic carbocycles. The normalized spacial score (nSPS) is 10.4. The molecule has 6 heteroatoms. The van der Waals surface area contributed by atoms with E-state index in [0.717, 1.165) is 0 Å². The van der Waals surface area contributed by atoms with Gasteiger partial charge < -0.3 is 15.7 Å². The summed E-state index contributed by atoms with van der Waals surface area (Å²) in [5.74, 6) is -1.39. The molecule has 2 rings (SSSR count). The maximum Gasteiger partial charge on any atom is 0.335 e. The van der Waals surface area contributed by atoms with Gasteiger partial charge >= 0.3 is 5.97 Å². The molecule has 0 aliphatic carbocycles. The summed E-state index contributed by atoms with van der Waals surface area (Å²) in [7, 11) is 0. The van der Waals surface area contributed by atoms with Gasteiger partial charge in [0, 0.05) is 23.7 Å². The van der Waals surface area contributed by atoms with Gasteiger partial charge in [-0.1, -0.05) is 18.2 Å². The lowest BCUT2D eigenvalue weighted by Crippen LogP contribution is -2.30. The summed E-state index contributed by atoms with van der Waals surface area (Å²) in [4.78, 5) is 35.2.